The summed E-state index contributed by atoms with van der Waals surface area (Å²) in [6.45, 7) is 8.57. The van der Waals surface area contributed by atoms with Crippen molar-refractivity contribution in [3.63, 3.8) is 0 Å². The largest absolute Gasteiger partial charge is 0.348 e. The van der Waals surface area contributed by atoms with E-state index in [0.29, 0.717) is 5.41 Å². The van der Waals surface area contributed by atoms with Crippen molar-refractivity contribution in [3.05, 3.63) is 34.4 Å². The summed E-state index contributed by atoms with van der Waals surface area (Å²) in [6.07, 6.45) is 5.79. The van der Waals surface area contributed by atoms with Crippen LogP contribution in [0, 0.1) is 19.8 Å². The van der Waals surface area contributed by atoms with Crippen LogP contribution in [-0.2, 0) is 21.3 Å². The van der Waals surface area contributed by atoms with E-state index in [0.717, 1.165) is 32.0 Å². The van der Waals surface area contributed by atoms with Crippen molar-refractivity contribution < 1.29 is 9.47 Å². The summed E-state index contributed by atoms with van der Waals surface area (Å²) < 4.78 is 11.9. The molecule has 1 heterocycles. The standard InChI is InChI=1S/C19H26O2/c1-13-4-5-14(2)17-16(13)12-15(3)18(17)6-8-19(9-7-18)20-10-11-21-19/h4-5,15H,6-12H2,1-3H3. The fourth-order valence-electron chi connectivity index (χ4n) is 5.18. The molecule has 0 bridgehead atoms. The van der Waals surface area contributed by atoms with E-state index < -0.39 is 0 Å². The number of fused-ring (bicyclic) bond motifs is 2. The molecule has 1 atom stereocenters. The van der Waals surface area contributed by atoms with Crippen LogP contribution in [0.5, 0.6) is 0 Å². The van der Waals surface area contributed by atoms with E-state index >= 15 is 0 Å². The zero-order chi connectivity index (χ0) is 14.7. The van der Waals surface area contributed by atoms with Crippen molar-refractivity contribution in [2.45, 2.75) is 64.1 Å². The van der Waals surface area contributed by atoms with Crippen LogP contribution < -0.4 is 0 Å². The molecule has 21 heavy (non-hydrogen) atoms. The molecule has 2 nitrogen and oxygen atoms in total. The fourth-order valence-corrected chi connectivity index (χ4v) is 5.18. The van der Waals surface area contributed by atoms with Crippen LogP contribution in [0.25, 0.3) is 0 Å². The highest BCUT2D eigenvalue weighted by molar-refractivity contribution is 5.50. The van der Waals surface area contributed by atoms with Gasteiger partial charge in [-0.15, -0.1) is 0 Å². The van der Waals surface area contributed by atoms with E-state index in [1.807, 2.05) is 0 Å². The molecule has 2 heteroatoms. The lowest BCUT2D eigenvalue weighted by atomic mass is 9.63. The molecule has 3 aliphatic rings. The van der Waals surface area contributed by atoms with Crippen LogP contribution in [-0.4, -0.2) is 19.0 Å². The van der Waals surface area contributed by atoms with E-state index in [9.17, 15) is 0 Å². The number of ether oxygens (including phenoxy) is 2. The topological polar surface area (TPSA) is 18.5 Å². The predicted octanol–water partition coefficient (Wildman–Crippen LogP) is 4.05. The first-order chi connectivity index (χ1) is 10.1. The molecule has 1 saturated heterocycles. The lowest BCUT2D eigenvalue weighted by Crippen LogP contribution is -2.44. The van der Waals surface area contributed by atoms with Crippen molar-refractivity contribution in [2.24, 2.45) is 5.92 Å². The van der Waals surface area contributed by atoms with Crippen LogP contribution in [0.4, 0.5) is 0 Å². The first kappa shape index (κ1) is 13.8. The van der Waals surface area contributed by atoms with Crippen LogP contribution in [0.15, 0.2) is 12.1 Å². The number of rotatable bonds is 0. The lowest BCUT2D eigenvalue weighted by molar-refractivity contribution is -0.187. The van der Waals surface area contributed by atoms with Gasteiger partial charge in [0.1, 0.15) is 0 Å². The van der Waals surface area contributed by atoms with Gasteiger partial charge in [-0.3, -0.25) is 0 Å². The van der Waals surface area contributed by atoms with Gasteiger partial charge in [0.2, 0.25) is 0 Å². The molecule has 2 spiro atoms. The Hall–Kier alpha value is -0.860. The van der Waals surface area contributed by atoms with Crippen molar-refractivity contribution in [2.75, 3.05) is 13.2 Å². The van der Waals surface area contributed by atoms with Crippen molar-refractivity contribution in [3.8, 4) is 0 Å². The first-order valence-electron chi connectivity index (χ1n) is 8.44. The number of aryl methyl sites for hydroxylation is 2. The third kappa shape index (κ3) is 1.85. The van der Waals surface area contributed by atoms with Gasteiger partial charge in [-0.1, -0.05) is 19.1 Å². The smallest absolute Gasteiger partial charge is 0.168 e. The zero-order valence-corrected chi connectivity index (χ0v) is 13.5. The summed E-state index contributed by atoms with van der Waals surface area (Å²) in [5.74, 6) is 0.497. The number of benzene rings is 1. The van der Waals surface area contributed by atoms with Gasteiger partial charge in [0.25, 0.3) is 0 Å². The van der Waals surface area contributed by atoms with E-state index in [2.05, 4.69) is 32.9 Å². The Labute approximate surface area is 127 Å². The molecule has 1 aliphatic heterocycles. The quantitative estimate of drug-likeness (QED) is 0.716. The van der Waals surface area contributed by atoms with Crippen LogP contribution in [0.1, 0.15) is 54.9 Å². The van der Waals surface area contributed by atoms with Gasteiger partial charge in [-0.2, -0.15) is 0 Å². The predicted molar refractivity (Wildman–Crippen MR) is 83.6 cm³/mol. The average molecular weight is 286 g/mol. The highest BCUT2D eigenvalue weighted by Crippen LogP contribution is 2.56. The summed E-state index contributed by atoms with van der Waals surface area (Å²) in [4.78, 5) is 0. The Balaban J connectivity index is 1.72. The molecule has 1 aromatic carbocycles. The second-order valence-electron chi connectivity index (χ2n) is 7.42. The number of hydrogen-bond acceptors (Lipinski definition) is 2. The molecular weight excluding hydrogens is 260 g/mol. The van der Waals surface area contributed by atoms with Gasteiger partial charge < -0.3 is 9.47 Å². The maximum Gasteiger partial charge on any atom is 0.168 e. The summed E-state index contributed by atoms with van der Waals surface area (Å²) in [6, 6.07) is 4.62. The normalized spacial score (nSPS) is 29.2. The molecule has 4 rings (SSSR count). The molecule has 2 fully saturated rings. The van der Waals surface area contributed by atoms with E-state index in [4.69, 9.17) is 9.47 Å². The van der Waals surface area contributed by atoms with Gasteiger partial charge in [0.05, 0.1) is 13.2 Å². The zero-order valence-electron chi connectivity index (χ0n) is 13.5. The molecule has 0 aromatic heterocycles. The minimum atomic E-state index is -0.245. The Bertz CT molecular complexity index is 559. The second-order valence-corrected chi connectivity index (χ2v) is 7.42. The van der Waals surface area contributed by atoms with Gasteiger partial charge in [0, 0.05) is 12.8 Å². The SMILES string of the molecule is Cc1ccc(C)c2c1CC(C)C21CCC2(CC1)OCCO2. The molecule has 1 aromatic rings. The third-order valence-electron chi connectivity index (χ3n) is 6.42. The van der Waals surface area contributed by atoms with Crippen LogP contribution in [0.3, 0.4) is 0 Å². The van der Waals surface area contributed by atoms with Gasteiger partial charge in [-0.25, -0.2) is 0 Å². The van der Waals surface area contributed by atoms with Crippen LogP contribution in [0.2, 0.25) is 0 Å². The molecule has 0 radical (unpaired) electrons. The monoisotopic (exact) mass is 286 g/mol. The third-order valence-corrected chi connectivity index (χ3v) is 6.42. The van der Waals surface area contributed by atoms with Crippen molar-refractivity contribution in [1.29, 1.82) is 0 Å². The Morgan fingerprint density at radius 3 is 2.24 bits per heavy atom. The first-order valence-corrected chi connectivity index (χ1v) is 8.44. The van der Waals surface area contributed by atoms with Gasteiger partial charge in [-0.05, 0) is 66.7 Å². The highest BCUT2D eigenvalue weighted by atomic mass is 16.7. The van der Waals surface area contributed by atoms with Gasteiger partial charge in [0.15, 0.2) is 5.79 Å². The number of hydrogen-bond donors (Lipinski definition) is 0. The lowest BCUT2D eigenvalue weighted by Gasteiger charge is -2.45. The molecule has 2 aliphatic carbocycles. The van der Waals surface area contributed by atoms with Gasteiger partial charge >= 0.3 is 0 Å². The maximum atomic E-state index is 5.94. The van der Waals surface area contributed by atoms with E-state index in [1.54, 1.807) is 11.1 Å². The Kier molecular flexibility index (Phi) is 3.00. The molecule has 0 N–H and O–H groups in total. The summed E-state index contributed by atoms with van der Waals surface area (Å²) in [5, 5.41) is 0. The van der Waals surface area contributed by atoms with E-state index in [1.165, 1.54) is 30.4 Å². The Morgan fingerprint density at radius 2 is 1.57 bits per heavy atom. The van der Waals surface area contributed by atoms with Crippen LogP contribution >= 0.6 is 0 Å². The summed E-state index contributed by atoms with van der Waals surface area (Å²) in [5.41, 5.74) is 6.64. The molecule has 114 valence electrons. The average Bonchev–Trinajstić information content (AvgIpc) is 3.03. The fraction of sp³-hybridized carbons (Fsp3) is 0.684. The molecule has 1 saturated carbocycles. The molecule has 1 unspecified atom stereocenters. The second kappa shape index (κ2) is 4.57. The minimum Gasteiger partial charge on any atom is -0.348 e. The maximum absolute atomic E-state index is 5.94. The summed E-state index contributed by atoms with van der Waals surface area (Å²) >= 11 is 0. The Morgan fingerprint density at radius 1 is 0.952 bits per heavy atom. The van der Waals surface area contributed by atoms with E-state index in [-0.39, 0.29) is 5.79 Å². The molecular formula is C19H26O2. The summed E-state index contributed by atoms with van der Waals surface area (Å²) in [7, 11) is 0. The molecule has 0 amide bonds. The highest BCUT2D eigenvalue weighted by Gasteiger charge is 2.52. The minimum absolute atomic E-state index is 0.245. The van der Waals surface area contributed by atoms with Crippen molar-refractivity contribution in [1.82, 2.24) is 0 Å². The van der Waals surface area contributed by atoms with Crippen molar-refractivity contribution >= 4 is 0 Å².